The number of amides is 1. The van der Waals surface area contributed by atoms with Crippen molar-refractivity contribution in [2.45, 2.75) is 40.2 Å². The van der Waals surface area contributed by atoms with Crippen molar-refractivity contribution in [1.82, 2.24) is 4.90 Å². The van der Waals surface area contributed by atoms with Crippen LogP contribution >= 0.6 is 12.4 Å². The van der Waals surface area contributed by atoms with Crippen LogP contribution in [0.5, 0.6) is 0 Å². The Morgan fingerprint density at radius 2 is 1.94 bits per heavy atom. The predicted molar refractivity (Wildman–Crippen MR) is 73.4 cm³/mol. The Labute approximate surface area is 111 Å². The molecule has 0 bridgehead atoms. The highest BCUT2D eigenvalue weighted by Crippen LogP contribution is 2.08. The minimum absolute atomic E-state index is 0. The molecule has 0 aromatic heterocycles. The van der Waals surface area contributed by atoms with Crippen molar-refractivity contribution in [2.75, 3.05) is 26.3 Å². The van der Waals surface area contributed by atoms with Crippen molar-refractivity contribution in [3.63, 3.8) is 0 Å². The van der Waals surface area contributed by atoms with E-state index in [4.69, 9.17) is 10.5 Å². The topological polar surface area (TPSA) is 55.6 Å². The Kier molecular flexibility index (Phi) is 12.1. The second kappa shape index (κ2) is 10.8. The van der Waals surface area contributed by atoms with Crippen LogP contribution in [-0.4, -0.2) is 43.2 Å². The second-order valence-electron chi connectivity index (χ2n) is 4.03. The van der Waals surface area contributed by atoms with Crippen LogP contribution in [0.25, 0.3) is 0 Å². The highest BCUT2D eigenvalue weighted by atomic mass is 35.5. The maximum absolute atomic E-state index is 12.0. The van der Waals surface area contributed by atoms with Gasteiger partial charge in [0.2, 0.25) is 5.91 Å². The number of carbonyl (C=O) groups is 1. The van der Waals surface area contributed by atoms with Crippen molar-refractivity contribution < 1.29 is 9.53 Å². The normalized spacial score (nSPS) is 13.7. The van der Waals surface area contributed by atoms with E-state index in [-0.39, 0.29) is 30.3 Å². The van der Waals surface area contributed by atoms with Gasteiger partial charge < -0.3 is 15.4 Å². The molecule has 0 aliphatic heterocycles. The predicted octanol–water partition coefficient (Wildman–Crippen LogP) is 1.67. The van der Waals surface area contributed by atoms with Crippen LogP contribution in [0, 0.1) is 5.92 Å². The molecule has 0 aromatic carbocycles. The second-order valence-corrected chi connectivity index (χ2v) is 4.03. The zero-order valence-corrected chi connectivity index (χ0v) is 12.3. The van der Waals surface area contributed by atoms with Gasteiger partial charge in [-0.2, -0.15) is 0 Å². The summed E-state index contributed by atoms with van der Waals surface area (Å²) in [7, 11) is 0. The molecule has 0 saturated carbocycles. The first-order chi connectivity index (χ1) is 7.58. The fourth-order valence-corrected chi connectivity index (χ4v) is 1.45. The number of hydrogen-bond acceptors (Lipinski definition) is 3. The molecule has 0 spiro atoms. The summed E-state index contributed by atoms with van der Waals surface area (Å²) in [6, 6.07) is -0.383. The van der Waals surface area contributed by atoms with E-state index in [2.05, 4.69) is 0 Å². The third-order valence-electron chi connectivity index (χ3n) is 2.95. The van der Waals surface area contributed by atoms with Gasteiger partial charge in [0.25, 0.3) is 0 Å². The molecule has 0 radical (unpaired) electrons. The van der Waals surface area contributed by atoms with E-state index in [1.54, 1.807) is 4.90 Å². The molecular weight excluding hydrogens is 240 g/mol. The van der Waals surface area contributed by atoms with Crippen LogP contribution < -0.4 is 5.73 Å². The van der Waals surface area contributed by atoms with Crippen LogP contribution in [0.3, 0.4) is 0 Å². The molecule has 17 heavy (non-hydrogen) atoms. The number of nitrogens with two attached hydrogens (primary N) is 1. The van der Waals surface area contributed by atoms with E-state index in [1.165, 1.54) is 0 Å². The monoisotopic (exact) mass is 266 g/mol. The van der Waals surface area contributed by atoms with Crippen LogP contribution in [0.1, 0.15) is 34.1 Å². The summed E-state index contributed by atoms with van der Waals surface area (Å²) in [6.07, 6.45) is 0.927. The molecule has 2 unspecified atom stereocenters. The fraction of sp³-hybridized carbons (Fsp3) is 0.917. The number of likely N-dealkylation sites (N-methyl/N-ethyl adjacent to an activating group) is 1. The molecule has 4 nitrogen and oxygen atoms in total. The molecule has 0 saturated heterocycles. The summed E-state index contributed by atoms with van der Waals surface area (Å²) in [6.45, 7) is 10.6. The first kappa shape index (κ1) is 19.0. The van der Waals surface area contributed by atoms with Gasteiger partial charge in [0.1, 0.15) is 0 Å². The van der Waals surface area contributed by atoms with Crippen molar-refractivity contribution in [2.24, 2.45) is 11.7 Å². The Hall–Kier alpha value is -0.320. The van der Waals surface area contributed by atoms with Crippen LogP contribution in [0.15, 0.2) is 0 Å². The summed E-state index contributed by atoms with van der Waals surface area (Å²) in [4.78, 5) is 13.8. The van der Waals surface area contributed by atoms with E-state index < -0.39 is 0 Å². The van der Waals surface area contributed by atoms with Gasteiger partial charge in [0.15, 0.2) is 0 Å². The van der Waals surface area contributed by atoms with Crippen LogP contribution in [-0.2, 0) is 9.53 Å². The number of ether oxygens (including phenoxy) is 1. The van der Waals surface area contributed by atoms with E-state index in [1.807, 2.05) is 27.7 Å². The number of rotatable bonds is 8. The third-order valence-corrected chi connectivity index (χ3v) is 2.95. The number of carbonyl (C=O) groups excluding carboxylic acids is 1. The molecule has 0 heterocycles. The van der Waals surface area contributed by atoms with Crippen molar-refractivity contribution in [3.05, 3.63) is 0 Å². The number of nitrogens with zero attached hydrogens (tertiary/aromatic N) is 1. The fourth-order valence-electron chi connectivity index (χ4n) is 1.45. The molecule has 0 fully saturated rings. The lowest BCUT2D eigenvalue weighted by Gasteiger charge is -2.26. The van der Waals surface area contributed by atoms with E-state index in [0.29, 0.717) is 26.3 Å². The third kappa shape index (κ3) is 6.86. The first-order valence-corrected chi connectivity index (χ1v) is 6.20. The zero-order chi connectivity index (χ0) is 12.6. The van der Waals surface area contributed by atoms with Gasteiger partial charge in [-0.3, -0.25) is 4.79 Å². The maximum Gasteiger partial charge on any atom is 0.239 e. The van der Waals surface area contributed by atoms with Gasteiger partial charge in [-0.1, -0.05) is 20.3 Å². The van der Waals surface area contributed by atoms with Gasteiger partial charge in [-0.15, -0.1) is 12.4 Å². The van der Waals surface area contributed by atoms with Gasteiger partial charge in [0, 0.05) is 19.7 Å². The van der Waals surface area contributed by atoms with E-state index >= 15 is 0 Å². The molecule has 0 aliphatic rings. The van der Waals surface area contributed by atoms with E-state index in [0.717, 1.165) is 6.42 Å². The lowest BCUT2D eigenvalue weighted by molar-refractivity contribution is -0.134. The zero-order valence-electron chi connectivity index (χ0n) is 11.4. The van der Waals surface area contributed by atoms with Gasteiger partial charge in [-0.25, -0.2) is 0 Å². The number of hydrogen-bond donors (Lipinski definition) is 1. The Morgan fingerprint density at radius 3 is 2.35 bits per heavy atom. The van der Waals surface area contributed by atoms with Crippen LogP contribution in [0.2, 0.25) is 0 Å². The number of halogens is 1. The molecule has 0 rings (SSSR count). The van der Waals surface area contributed by atoms with Crippen molar-refractivity contribution in [3.8, 4) is 0 Å². The highest BCUT2D eigenvalue weighted by Gasteiger charge is 2.23. The molecule has 2 N–H and O–H groups in total. The average Bonchev–Trinajstić information content (AvgIpc) is 2.32. The van der Waals surface area contributed by atoms with Crippen molar-refractivity contribution >= 4 is 18.3 Å². The SMILES string of the molecule is CCOCCN(CC)C(=O)C(N)C(C)CC.Cl. The van der Waals surface area contributed by atoms with E-state index in [9.17, 15) is 4.79 Å². The van der Waals surface area contributed by atoms with Gasteiger partial charge >= 0.3 is 0 Å². The van der Waals surface area contributed by atoms with Crippen molar-refractivity contribution in [1.29, 1.82) is 0 Å². The summed E-state index contributed by atoms with van der Waals surface area (Å²) >= 11 is 0. The molecule has 0 aliphatic carbocycles. The largest absolute Gasteiger partial charge is 0.380 e. The van der Waals surface area contributed by atoms with Gasteiger partial charge in [-0.05, 0) is 19.8 Å². The summed E-state index contributed by atoms with van der Waals surface area (Å²) in [5, 5.41) is 0. The Balaban J connectivity index is 0. The Morgan fingerprint density at radius 1 is 1.35 bits per heavy atom. The van der Waals surface area contributed by atoms with Gasteiger partial charge in [0.05, 0.1) is 12.6 Å². The molecule has 0 aromatic rings. The molecule has 2 atom stereocenters. The lowest BCUT2D eigenvalue weighted by atomic mass is 9.99. The quantitative estimate of drug-likeness (QED) is 0.680. The molecule has 1 amide bonds. The Bertz CT molecular complexity index is 203. The first-order valence-electron chi connectivity index (χ1n) is 6.20. The average molecular weight is 267 g/mol. The lowest BCUT2D eigenvalue weighted by Crippen LogP contribution is -2.48. The summed E-state index contributed by atoms with van der Waals surface area (Å²) < 4.78 is 5.25. The minimum Gasteiger partial charge on any atom is -0.380 e. The molecule has 5 heteroatoms. The van der Waals surface area contributed by atoms with Crippen LogP contribution in [0.4, 0.5) is 0 Å². The smallest absolute Gasteiger partial charge is 0.239 e. The summed E-state index contributed by atoms with van der Waals surface area (Å²) in [5.41, 5.74) is 5.92. The standard InChI is InChI=1S/C12H26N2O2.ClH/c1-5-10(4)11(13)12(15)14(6-2)8-9-16-7-3;/h10-11H,5-9,13H2,1-4H3;1H. The maximum atomic E-state index is 12.0. The summed E-state index contributed by atoms with van der Waals surface area (Å²) in [5.74, 6) is 0.269. The molecule has 104 valence electrons. The molecular formula is C12H27ClN2O2. The minimum atomic E-state index is -0.383. The highest BCUT2D eigenvalue weighted by molar-refractivity contribution is 5.85.